The van der Waals surface area contributed by atoms with Gasteiger partial charge >= 0.3 is 0 Å². The minimum atomic E-state index is -1.95. The van der Waals surface area contributed by atoms with Crippen molar-refractivity contribution in [2.24, 2.45) is 5.92 Å². The van der Waals surface area contributed by atoms with Crippen molar-refractivity contribution in [1.82, 2.24) is 5.32 Å². The summed E-state index contributed by atoms with van der Waals surface area (Å²) in [5.41, 5.74) is 0. The van der Waals surface area contributed by atoms with Crippen LogP contribution in [0.3, 0.4) is 0 Å². The fraction of sp³-hybridized carbons (Fsp3) is 0.933. The lowest BCUT2D eigenvalue weighted by molar-refractivity contribution is -0.153. The Labute approximate surface area is 132 Å². The number of hydrogen-bond acceptors (Lipinski definition) is 3. The van der Waals surface area contributed by atoms with Crippen molar-refractivity contribution < 1.29 is 13.6 Å². The van der Waals surface area contributed by atoms with Crippen LogP contribution in [0.2, 0.25) is 37.3 Å². The summed E-state index contributed by atoms with van der Waals surface area (Å²) in [6.45, 7) is 19.7. The Morgan fingerprint density at radius 3 is 2.05 bits per heavy atom. The van der Waals surface area contributed by atoms with E-state index in [1.807, 2.05) is 0 Å². The van der Waals surface area contributed by atoms with Crippen molar-refractivity contribution in [1.29, 1.82) is 0 Å². The van der Waals surface area contributed by atoms with E-state index in [4.69, 9.17) is 8.85 Å². The van der Waals surface area contributed by atoms with Gasteiger partial charge in [0.05, 0.1) is 0 Å². The number of nitrogens with one attached hydrogen (secondary N) is 1. The summed E-state index contributed by atoms with van der Waals surface area (Å²) in [5.74, 6) is 0.585. The summed E-state index contributed by atoms with van der Waals surface area (Å²) in [4.78, 5) is 11.9. The Morgan fingerprint density at radius 1 is 1.14 bits per heavy atom. The molecule has 2 atom stereocenters. The monoisotopic (exact) mass is 331 g/mol. The quantitative estimate of drug-likeness (QED) is 0.596. The van der Waals surface area contributed by atoms with Crippen LogP contribution in [-0.2, 0) is 13.6 Å². The molecule has 1 rings (SSSR count). The van der Waals surface area contributed by atoms with Crippen LogP contribution in [0.4, 0.5) is 0 Å². The first-order chi connectivity index (χ1) is 9.25. The summed E-state index contributed by atoms with van der Waals surface area (Å²) in [6.07, 6.45) is -0.683. The molecule has 0 radical (unpaired) electrons. The number of carbonyl (C=O) groups excluding carboxylic acids is 1. The van der Waals surface area contributed by atoms with Gasteiger partial charge < -0.3 is 14.2 Å². The van der Waals surface area contributed by atoms with Crippen LogP contribution in [0.25, 0.3) is 0 Å². The van der Waals surface area contributed by atoms with E-state index in [1.54, 1.807) is 0 Å². The highest BCUT2D eigenvalue weighted by molar-refractivity contribution is 6.74. The number of rotatable bonds is 6. The average molecular weight is 332 g/mol. The van der Waals surface area contributed by atoms with Gasteiger partial charge in [0, 0.05) is 0 Å². The predicted molar refractivity (Wildman–Crippen MR) is 92.2 cm³/mol. The van der Waals surface area contributed by atoms with Crippen molar-refractivity contribution in [2.75, 3.05) is 0 Å². The molecule has 1 saturated heterocycles. The lowest BCUT2D eigenvalue weighted by Gasteiger charge is -2.46. The van der Waals surface area contributed by atoms with Gasteiger partial charge in [-0.1, -0.05) is 34.6 Å². The maximum atomic E-state index is 11.9. The fourth-order valence-corrected chi connectivity index (χ4v) is 6.57. The van der Waals surface area contributed by atoms with E-state index in [0.29, 0.717) is 5.92 Å². The van der Waals surface area contributed by atoms with Crippen molar-refractivity contribution >= 4 is 22.5 Å². The molecule has 0 aliphatic carbocycles. The minimum Gasteiger partial charge on any atom is -0.402 e. The standard InChI is InChI=1S/C15H33NO3Si2/c1-11(2)10-20(6,7)19-14-12(13(17)16-14)18-21(8,9)15(3,4)5/h11-12,14H,10H2,1-9H3,(H,16,17)/t12-,14+/m0/s1. The third-order valence-corrected chi connectivity index (χ3v) is 11.5. The lowest BCUT2D eigenvalue weighted by Crippen LogP contribution is -2.69. The number of carbonyl (C=O) groups is 1. The Bertz CT molecular complexity index is 389. The van der Waals surface area contributed by atoms with Gasteiger partial charge in [-0.2, -0.15) is 0 Å². The first-order valence-corrected chi connectivity index (χ1v) is 13.9. The average Bonchev–Trinajstić information content (AvgIpc) is 2.22. The van der Waals surface area contributed by atoms with Crippen LogP contribution in [-0.4, -0.2) is 34.9 Å². The Hall–Kier alpha value is -0.176. The molecule has 21 heavy (non-hydrogen) atoms. The molecule has 0 aromatic heterocycles. The summed E-state index contributed by atoms with van der Waals surface area (Å²) in [5, 5.41) is 2.96. The second kappa shape index (κ2) is 6.14. The van der Waals surface area contributed by atoms with Gasteiger partial charge in [0.2, 0.25) is 0 Å². The van der Waals surface area contributed by atoms with E-state index >= 15 is 0 Å². The molecule has 6 heteroatoms. The molecule has 124 valence electrons. The molecular weight excluding hydrogens is 298 g/mol. The predicted octanol–water partition coefficient (Wildman–Crippen LogP) is 3.71. The Balaban J connectivity index is 2.69. The minimum absolute atomic E-state index is 0.0285. The summed E-state index contributed by atoms with van der Waals surface area (Å²) in [6, 6.07) is 1.09. The molecular formula is C15H33NO3Si2. The molecule has 1 fully saturated rings. The molecule has 4 nitrogen and oxygen atoms in total. The van der Waals surface area contributed by atoms with Crippen molar-refractivity contribution in [3.63, 3.8) is 0 Å². The van der Waals surface area contributed by atoms with Crippen molar-refractivity contribution in [3.8, 4) is 0 Å². The number of β-lactam (4-membered cyclic amide) rings is 1. The van der Waals surface area contributed by atoms with Crippen LogP contribution in [0, 0.1) is 5.92 Å². The molecule has 1 N–H and O–H groups in total. The molecule has 1 aliphatic rings. The molecule has 0 saturated carbocycles. The van der Waals surface area contributed by atoms with E-state index in [0.717, 1.165) is 6.04 Å². The lowest BCUT2D eigenvalue weighted by atomic mass is 10.2. The highest BCUT2D eigenvalue weighted by atomic mass is 28.4. The van der Waals surface area contributed by atoms with Gasteiger partial charge in [-0.3, -0.25) is 4.79 Å². The van der Waals surface area contributed by atoms with Crippen molar-refractivity contribution in [3.05, 3.63) is 0 Å². The zero-order valence-electron chi connectivity index (χ0n) is 15.2. The van der Waals surface area contributed by atoms with Crippen LogP contribution in [0.15, 0.2) is 0 Å². The fourth-order valence-electron chi connectivity index (χ4n) is 2.42. The van der Waals surface area contributed by atoms with E-state index < -0.39 is 22.7 Å². The number of hydrogen-bond donors (Lipinski definition) is 1. The highest BCUT2D eigenvalue weighted by Gasteiger charge is 2.49. The molecule has 1 amide bonds. The number of amides is 1. The Kier molecular flexibility index (Phi) is 5.52. The first-order valence-electron chi connectivity index (χ1n) is 7.91. The smallest absolute Gasteiger partial charge is 0.254 e. The molecule has 0 aromatic carbocycles. The van der Waals surface area contributed by atoms with Gasteiger partial charge in [-0.05, 0) is 43.2 Å². The maximum Gasteiger partial charge on any atom is 0.254 e. The summed E-state index contributed by atoms with van der Waals surface area (Å²) < 4.78 is 12.5. The van der Waals surface area contributed by atoms with Crippen LogP contribution in [0.1, 0.15) is 34.6 Å². The summed E-state index contributed by atoms with van der Waals surface area (Å²) >= 11 is 0. The summed E-state index contributed by atoms with van der Waals surface area (Å²) in [7, 11) is -3.73. The second-order valence-electron chi connectivity index (χ2n) is 8.70. The largest absolute Gasteiger partial charge is 0.402 e. The zero-order valence-corrected chi connectivity index (χ0v) is 17.2. The normalized spacial score (nSPS) is 24.0. The third kappa shape index (κ3) is 4.91. The molecule has 0 unspecified atom stereocenters. The molecule has 0 spiro atoms. The van der Waals surface area contributed by atoms with E-state index in [-0.39, 0.29) is 17.2 Å². The second-order valence-corrected chi connectivity index (χ2v) is 17.6. The molecule has 0 bridgehead atoms. The van der Waals surface area contributed by atoms with Crippen LogP contribution < -0.4 is 5.32 Å². The highest BCUT2D eigenvalue weighted by Crippen LogP contribution is 2.38. The van der Waals surface area contributed by atoms with E-state index in [9.17, 15) is 4.79 Å². The zero-order chi connectivity index (χ0) is 16.6. The maximum absolute atomic E-state index is 11.9. The molecule has 1 heterocycles. The van der Waals surface area contributed by atoms with Gasteiger partial charge in [-0.15, -0.1) is 0 Å². The third-order valence-electron chi connectivity index (χ3n) is 4.39. The van der Waals surface area contributed by atoms with Crippen molar-refractivity contribution in [2.45, 2.75) is 84.2 Å². The first kappa shape index (κ1) is 18.9. The molecule has 1 aliphatic heterocycles. The SMILES string of the molecule is CC(C)C[Si](C)(C)O[C@H]1NC(=O)[C@@H]1O[Si](C)(C)C(C)(C)C. The van der Waals surface area contributed by atoms with E-state index in [1.165, 1.54) is 0 Å². The van der Waals surface area contributed by atoms with Gasteiger partial charge in [0.25, 0.3) is 5.91 Å². The Morgan fingerprint density at radius 2 is 1.67 bits per heavy atom. The van der Waals surface area contributed by atoms with Crippen LogP contribution in [0.5, 0.6) is 0 Å². The topological polar surface area (TPSA) is 47.6 Å². The van der Waals surface area contributed by atoms with Crippen LogP contribution >= 0.6 is 0 Å². The van der Waals surface area contributed by atoms with E-state index in [2.05, 4.69) is 66.1 Å². The molecule has 0 aromatic rings. The van der Waals surface area contributed by atoms with Gasteiger partial charge in [-0.25, -0.2) is 0 Å². The van der Waals surface area contributed by atoms with Gasteiger partial charge in [0.1, 0.15) is 0 Å². The van der Waals surface area contributed by atoms with Gasteiger partial charge in [0.15, 0.2) is 29.0 Å².